The summed E-state index contributed by atoms with van der Waals surface area (Å²) in [5, 5.41) is 3.09. The zero-order valence-corrected chi connectivity index (χ0v) is 10.8. The highest BCUT2D eigenvalue weighted by molar-refractivity contribution is 5.83. The number of rotatable bonds is 3. The third-order valence-electron chi connectivity index (χ3n) is 3.64. The van der Waals surface area contributed by atoms with Gasteiger partial charge in [-0.25, -0.2) is 0 Å². The van der Waals surface area contributed by atoms with Crippen molar-refractivity contribution in [3.63, 3.8) is 0 Å². The van der Waals surface area contributed by atoms with Gasteiger partial charge in [-0.3, -0.25) is 4.79 Å². The van der Waals surface area contributed by atoms with Gasteiger partial charge in [0.15, 0.2) is 0 Å². The second-order valence-electron chi connectivity index (χ2n) is 5.09. The van der Waals surface area contributed by atoms with Crippen LogP contribution in [0, 0.1) is 0 Å². The molecule has 1 atom stereocenters. The van der Waals surface area contributed by atoms with Crippen molar-refractivity contribution in [2.75, 3.05) is 0 Å². The Morgan fingerprint density at radius 3 is 2.33 bits per heavy atom. The van der Waals surface area contributed by atoms with Gasteiger partial charge in [-0.15, -0.1) is 0 Å². The van der Waals surface area contributed by atoms with E-state index in [1.165, 1.54) is 25.7 Å². The second kappa shape index (κ2) is 6.55. The molecule has 2 rings (SSSR count). The van der Waals surface area contributed by atoms with E-state index in [9.17, 15) is 4.79 Å². The Bertz CT molecular complexity index is 369. The molecule has 1 aliphatic carbocycles. The predicted molar refractivity (Wildman–Crippen MR) is 73.0 cm³/mol. The fraction of sp³-hybridized carbons (Fsp3) is 0.533. The van der Waals surface area contributed by atoms with E-state index in [-0.39, 0.29) is 5.91 Å². The molecule has 0 saturated heterocycles. The monoisotopic (exact) mass is 246 g/mol. The molecule has 1 aromatic carbocycles. The van der Waals surface area contributed by atoms with Gasteiger partial charge in [0.1, 0.15) is 6.04 Å². The molecule has 3 N–H and O–H groups in total. The van der Waals surface area contributed by atoms with Gasteiger partial charge in [0.2, 0.25) is 5.91 Å². The van der Waals surface area contributed by atoms with Crippen LogP contribution in [0.2, 0.25) is 0 Å². The van der Waals surface area contributed by atoms with Crippen LogP contribution in [-0.4, -0.2) is 11.9 Å². The van der Waals surface area contributed by atoms with Gasteiger partial charge < -0.3 is 11.1 Å². The molecule has 0 spiro atoms. The molecule has 1 amide bonds. The Hall–Kier alpha value is -1.35. The molecule has 1 aromatic rings. The van der Waals surface area contributed by atoms with Gasteiger partial charge in [-0.2, -0.15) is 0 Å². The van der Waals surface area contributed by atoms with Gasteiger partial charge in [0.05, 0.1) is 0 Å². The van der Waals surface area contributed by atoms with Crippen molar-refractivity contribution in [2.45, 2.75) is 50.6 Å². The van der Waals surface area contributed by atoms with E-state index in [0.29, 0.717) is 6.04 Å². The largest absolute Gasteiger partial charge is 0.352 e. The number of benzene rings is 1. The van der Waals surface area contributed by atoms with E-state index in [1.54, 1.807) is 0 Å². The Morgan fingerprint density at radius 2 is 1.72 bits per heavy atom. The molecule has 98 valence electrons. The average molecular weight is 246 g/mol. The smallest absolute Gasteiger partial charge is 0.241 e. The van der Waals surface area contributed by atoms with Crippen LogP contribution in [0.1, 0.15) is 50.1 Å². The lowest BCUT2D eigenvalue weighted by molar-refractivity contribution is -0.123. The summed E-state index contributed by atoms with van der Waals surface area (Å²) in [5.74, 6) is -0.0481. The summed E-state index contributed by atoms with van der Waals surface area (Å²) in [4.78, 5) is 12.1. The molecule has 1 saturated carbocycles. The highest BCUT2D eigenvalue weighted by Gasteiger charge is 2.20. The fourth-order valence-corrected chi connectivity index (χ4v) is 2.53. The van der Waals surface area contributed by atoms with Gasteiger partial charge >= 0.3 is 0 Å². The number of hydrogen-bond donors (Lipinski definition) is 2. The maximum Gasteiger partial charge on any atom is 0.241 e. The van der Waals surface area contributed by atoms with Gasteiger partial charge in [-0.1, -0.05) is 56.0 Å². The highest BCUT2D eigenvalue weighted by Crippen LogP contribution is 2.18. The van der Waals surface area contributed by atoms with Crippen LogP contribution >= 0.6 is 0 Å². The number of carbonyl (C=O) groups is 1. The van der Waals surface area contributed by atoms with Gasteiger partial charge in [-0.05, 0) is 18.4 Å². The zero-order valence-electron chi connectivity index (χ0n) is 10.8. The third-order valence-corrected chi connectivity index (χ3v) is 3.64. The molecule has 0 bridgehead atoms. The van der Waals surface area contributed by atoms with Gasteiger partial charge in [0.25, 0.3) is 0 Å². The Balaban J connectivity index is 1.90. The number of hydrogen-bond acceptors (Lipinski definition) is 2. The van der Waals surface area contributed by atoms with Crippen LogP contribution in [0.3, 0.4) is 0 Å². The first-order valence-electron chi connectivity index (χ1n) is 6.88. The Labute approximate surface area is 109 Å². The molecule has 3 nitrogen and oxygen atoms in total. The zero-order chi connectivity index (χ0) is 12.8. The molecule has 0 aliphatic heterocycles. The number of nitrogens with two attached hydrogens (primary N) is 1. The van der Waals surface area contributed by atoms with Crippen LogP contribution < -0.4 is 11.1 Å². The predicted octanol–water partition coefficient (Wildman–Crippen LogP) is 2.53. The van der Waals surface area contributed by atoms with Crippen molar-refractivity contribution in [2.24, 2.45) is 5.73 Å². The van der Waals surface area contributed by atoms with Crippen LogP contribution in [0.15, 0.2) is 30.3 Å². The first-order valence-corrected chi connectivity index (χ1v) is 6.88. The first-order chi connectivity index (χ1) is 8.77. The summed E-state index contributed by atoms with van der Waals surface area (Å²) in [5.41, 5.74) is 6.86. The van der Waals surface area contributed by atoms with Crippen molar-refractivity contribution in [3.8, 4) is 0 Å². The van der Waals surface area contributed by atoms with Crippen LogP contribution in [0.5, 0.6) is 0 Å². The first kappa shape index (κ1) is 13.1. The van der Waals surface area contributed by atoms with Crippen molar-refractivity contribution < 1.29 is 4.79 Å². The molecule has 0 heterocycles. The number of carbonyl (C=O) groups excluding carboxylic acids is 1. The van der Waals surface area contributed by atoms with Crippen molar-refractivity contribution >= 4 is 5.91 Å². The fourth-order valence-electron chi connectivity index (χ4n) is 2.53. The van der Waals surface area contributed by atoms with Gasteiger partial charge in [0, 0.05) is 6.04 Å². The Morgan fingerprint density at radius 1 is 1.11 bits per heavy atom. The molecular formula is C15H22N2O. The van der Waals surface area contributed by atoms with Crippen molar-refractivity contribution in [1.29, 1.82) is 0 Å². The summed E-state index contributed by atoms with van der Waals surface area (Å²) in [6.07, 6.45) is 7.19. The standard InChI is InChI=1S/C15H22N2O/c16-14(12-8-4-3-5-9-12)15(18)17-13-10-6-1-2-7-11-13/h3-5,8-9,13-14H,1-2,6-7,10-11,16H2,(H,17,18)/t14-/m1/s1. The van der Waals surface area contributed by atoms with E-state index in [4.69, 9.17) is 5.73 Å². The van der Waals surface area contributed by atoms with Crippen LogP contribution in [0.25, 0.3) is 0 Å². The second-order valence-corrected chi connectivity index (χ2v) is 5.09. The number of nitrogens with one attached hydrogen (secondary N) is 1. The Kier molecular flexibility index (Phi) is 4.76. The topological polar surface area (TPSA) is 55.1 Å². The summed E-state index contributed by atoms with van der Waals surface area (Å²) >= 11 is 0. The molecular weight excluding hydrogens is 224 g/mol. The maximum atomic E-state index is 12.1. The molecule has 1 aliphatic rings. The summed E-state index contributed by atoms with van der Waals surface area (Å²) in [7, 11) is 0. The molecule has 18 heavy (non-hydrogen) atoms. The lowest BCUT2D eigenvalue weighted by Crippen LogP contribution is -2.40. The number of amides is 1. The molecule has 0 unspecified atom stereocenters. The molecule has 0 radical (unpaired) electrons. The summed E-state index contributed by atoms with van der Waals surface area (Å²) in [6.45, 7) is 0. The molecule has 0 aromatic heterocycles. The summed E-state index contributed by atoms with van der Waals surface area (Å²) in [6, 6.07) is 9.32. The summed E-state index contributed by atoms with van der Waals surface area (Å²) < 4.78 is 0. The van der Waals surface area contributed by atoms with Crippen LogP contribution in [-0.2, 0) is 4.79 Å². The quantitative estimate of drug-likeness (QED) is 0.805. The van der Waals surface area contributed by atoms with Crippen molar-refractivity contribution in [1.82, 2.24) is 5.32 Å². The minimum absolute atomic E-state index is 0.0481. The minimum atomic E-state index is -0.547. The van der Waals surface area contributed by atoms with Crippen molar-refractivity contribution in [3.05, 3.63) is 35.9 Å². The van der Waals surface area contributed by atoms with E-state index in [0.717, 1.165) is 18.4 Å². The molecule has 1 fully saturated rings. The third kappa shape index (κ3) is 3.57. The SMILES string of the molecule is N[C@@H](C(=O)NC1CCCCCC1)c1ccccc1. The maximum absolute atomic E-state index is 12.1. The van der Waals surface area contributed by atoms with E-state index < -0.39 is 6.04 Å². The minimum Gasteiger partial charge on any atom is -0.352 e. The lowest BCUT2D eigenvalue weighted by Gasteiger charge is -2.19. The molecule has 3 heteroatoms. The van der Waals surface area contributed by atoms with E-state index in [2.05, 4.69) is 5.32 Å². The average Bonchev–Trinajstić information content (AvgIpc) is 2.67. The highest BCUT2D eigenvalue weighted by atomic mass is 16.2. The van der Waals surface area contributed by atoms with E-state index >= 15 is 0 Å². The lowest BCUT2D eigenvalue weighted by atomic mass is 10.1. The normalized spacial score (nSPS) is 18.9. The van der Waals surface area contributed by atoms with Crippen LogP contribution in [0.4, 0.5) is 0 Å². The van der Waals surface area contributed by atoms with E-state index in [1.807, 2.05) is 30.3 Å².